The second kappa shape index (κ2) is 9.62. The van der Waals surface area contributed by atoms with Crippen molar-refractivity contribution in [3.63, 3.8) is 0 Å². The quantitative estimate of drug-likeness (QED) is 0.443. The van der Waals surface area contributed by atoms with Crippen molar-refractivity contribution < 1.29 is 27.9 Å². The second-order valence-corrected chi connectivity index (χ2v) is 6.07. The van der Waals surface area contributed by atoms with E-state index in [4.69, 9.17) is 4.74 Å². The number of hydrogen-bond acceptors (Lipinski definition) is 6. The smallest absolute Gasteiger partial charge is 0.341 e. The van der Waals surface area contributed by atoms with E-state index in [1.54, 1.807) is 30.3 Å². The number of nitrogens with one attached hydrogen (secondary N) is 2. The van der Waals surface area contributed by atoms with Gasteiger partial charge in [0, 0.05) is 11.8 Å². The average molecular weight is 395 g/mol. The molecule has 1 aromatic heterocycles. The van der Waals surface area contributed by atoms with Gasteiger partial charge in [0.05, 0.1) is 5.56 Å². The molecule has 0 unspecified atom stereocenters. The highest BCUT2D eigenvalue weighted by atomic mass is 32.2. The van der Waals surface area contributed by atoms with E-state index in [9.17, 15) is 23.2 Å². The lowest BCUT2D eigenvalue weighted by Gasteiger charge is -2.15. The van der Waals surface area contributed by atoms with Crippen molar-refractivity contribution in [2.75, 3.05) is 0 Å². The third-order valence-electron chi connectivity index (χ3n) is 3.18. The first kappa shape index (κ1) is 20.3. The van der Waals surface area contributed by atoms with Crippen LogP contribution in [0.4, 0.5) is 8.78 Å². The lowest BCUT2D eigenvalue weighted by atomic mass is 10.2. The van der Waals surface area contributed by atoms with Gasteiger partial charge in [0.1, 0.15) is 5.03 Å². The largest absolute Gasteiger partial charge is 0.449 e. The predicted molar refractivity (Wildman–Crippen MR) is 93.0 cm³/mol. The van der Waals surface area contributed by atoms with E-state index in [0.29, 0.717) is 5.56 Å². The number of alkyl halides is 2. The minimum absolute atomic E-state index is 0.0978. The Kier molecular flexibility index (Phi) is 7.24. The molecule has 0 saturated heterocycles. The number of aromatic nitrogens is 1. The van der Waals surface area contributed by atoms with Gasteiger partial charge in [-0.3, -0.25) is 20.4 Å². The van der Waals surface area contributed by atoms with Gasteiger partial charge >= 0.3 is 5.97 Å². The van der Waals surface area contributed by atoms with Crippen LogP contribution in [0, 0.1) is 0 Å². The maximum Gasteiger partial charge on any atom is 0.341 e. The number of carbonyl (C=O) groups is 3. The van der Waals surface area contributed by atoms with E-state index in [-0.39, 0.29) is 22.4 Å². The van der Waals surface area contributed by atoms with Gasteiger partial charge in [-0.2, -0.15) is 8.78 Å². The number of benzene rings is 1. The SMILES string of the molecule is C[C@@H](OC(=O)c1cccnc1SC(F)F)C(=O)NNC(=O)c1ccccc1. The van der Waals surface area contributed by atoms with E-state index < -0.39 is 29.6 Å². The predicted octanol–water partition coefficient (Wildman–Crippen LogP) is 2.40. The maximum absolute atomic E-state index is 12.5. The van der Waals surface area contributed by atoms with Gasteiger partial charge in [0.25, 0.3) is 17.6 Å². The number of pyridine rings is 1. The number of carbonyl (C=O) groups excluding carboxylic acids is 3. The zero-order valence-electron chi connectivity index (χ0n) is 14.0. The van der Waals surface area contributed by atoms with Crippen LogP contribution in [0.25, 0.3) is 0 Å². The molecular formula is C17H15F2N3O4S. The molecule has 0 aliphatic rings. The molecule has 10 heteroatoms. The molecule has 7 nitrogen and oxygen atoms in total. The molecule has 2 aromatic rings. The molecule has 0 fully saturated rings. The van der Waals surface area contributed by atoms with Gasteiger partial charge in [-0.1, -0.05) is 18.2 Å². The summed E-state index contributed by atoms with van der Waals surface area (Å²) in [5.41, 5.74) is 4.45. The highest BCUT2D eigenvalue weighted by molar-refractivity contribution is 7.99. The Balaban J connectivity index is 1.92. The number of rotatable bonds is 6. The summed E-state index contributed by atoms with van der Waals surface area (Å²) >= 11 is 0.0978. The van der Waals surface area contributed by atoms with Crippen molar-refractivity contribution >= 4 is 29.5 Å². The van der Waals surface area contributed by atoms with Crippen LogP contribution in [0.3, 0.4) is 0 Å². The molecule has 1 heterocycles. The zero-order chi connectivity index (χ0) is 19.8. The number of ether oxygens (including phenoxy) is 1. The summed E-state index contributed by atoms with van der Waals surface area (Å²) in [4.78, 5) is 39.7. The standard InChI is InChI=1S/C17H15F2N3O4S/c1-10(13(23)21-22-14(24)11-6-3-2-4-7-11)26-16(25)12-8-5-9-20-15(12)27-17(18)19/h2-10,17H,1H3,(H,21,23)(H,22,24)/t10-/m1/s1. The highest BCUT2D eigenvalue weighted by Crippen LogP contribution is 2.26. The molecule has 0 aliphatic heterocycles. The van der Waals surface area contributed by atoms with Gasteiger partial charge in [-0.15, -0.1) is 0 Å². The number of amides is 2. The summed E-state index contributed by atoms with van der Waals surface area (Å²) in [7, 11) is 0. The third-order valence-corrected chi connectivity index (χ3v) is 3.91. The fourth-order valence-corrected chi connectivity index (χ4v) is 2.45. The number of hydrazine groups is 1. The van der Waals surface area contributed by atoms with E-state index in [1.165, 1.54) is 25.3 Å². The second-order valence-electron chi connectivity index (χ2n) is 5.09. The molecule has 0 aliphatic carbocycles. The van der Waals surface area contributed by atoms with Crippen molar-refractivity contribution in [2.45, 2.75) is 23.8 Å². The molecule has 1 aromatic carbocycles. The molecule has 2 amide bonds. The highest BCUT2D eigenvalue weighted by Gasteiger charge is 2.23. The number of nitrogens with zero attached hydrogens (tertiary/aromatic N) is 1. The maximum atomic E-state index is 12.5. The van der Waals surface area contributed by atoms with Crippen LogP contribution in [0.15, 0.2) is 53.7 Å². The monoisotopic (exact) mass is 395 g/mol. The van der Waals surface area contributed by atoms with Crippen LogP contribution >= 0.6 is 11.8 Å². The Hall–Kier alpha value is -3.01. The summed E-state index contributed by atoms with van der Waals surface area (Å²) in [6, 6.07) is 10.8. The van der Waals surface area contributed by atoms with Crippen LogP contribution in [0.1, 0.15) is 27.6 Å². The fraction of sp³-hybridized carbons (Fsp3) is 0.176. The number of esters is 1. The molecule has 1 atom stereocenters. The van der Waals surface area contributed by atoms with Crippen LogP contribution in [0.2, 0.25) is 0 Å². The molecule has 0 radical (unpaired) electrons. The first-order valence-electron chi connectivity index (χ1n) is 7.64. The minimum atomic E-state index is -2.76. The Bertz CT molecular complexity index is 821. The van der Waals surface area contributed by atoms with Gasteiger partial charge < -0.3 is 4.74 Å². The van der Waals surface area contributed by atoms with Gasteiger partial charge in [0.2, 0.25) is 0 Å². The van der Waals surface area contributed by atoms with Crippen molar-refractivity contribution in [3.8, 4) is 0 Å². The molecule has 27 heavy (non-hydrogen) atoms. The van der Waals surface area contributed by atoms with E-state index >= 15 is 0 Å². The topological polar surface area (TPSA) is 97.4 Å². The zero-order valence-corrected chi connectivity index (χ0v) is 14.8. The average Bonchev–Trinajstić information content (AvgIpc) is 2.66. The summed E-state index contributed by atoms with van der Waals surface area (Å²) in [5.74, 6) is -5.09. The van der Waals surface area contributed by atoms with Gasteiger partial charge in [-0.25, -0.2) is 9.78 Å². The Morgan fingerprint density at radius 1 is 1.07 bits per heavy atom. The number of hydrogen-bond donors (Lipinski definition) is 2. The Labute approximate surface area is 157 Å². The Morgan fingerprint density at radius 2 is 1.78 bits per heavy atom. The number of halogens is 2. The fourth-order valence-electron chi connectivity index (χ4n) is 1.88. The molecular weight excluding hydrogens is 380 g/mol. The first-order chi connectivity index (χ1) is 12.9. The van der Waals surface area contributed by atoms with Crippen LogP contribution in [-0.2, 0) is 9.53 Å². The third kappa shape index (κ3) is 6.03. The summed E-state index contributed by atoms with van der Waals surface area (Å²) in [5, 5.41) is -0.206. The normalized spacial score (nSPS) is 11.6. The van der Waals surface area contributed by atoms with Crippen molar-refractivity contribution in [3.05, 3.63) is 59.8 Å². The van der Waals surface area contributed by atoms with E-state index in [0.717, 1.165) is 0 Å². The molecule has 0 spiro atoms. The van der Waals surface area contributed by atoms with E-state index in [1.807, 2.05) is 0 Å². The minimum Gasteiger partial charge on any atom is -0.449 e. The number of thioether (sulfide) groups is 1. The van der Waals surface area contributed by atoms with Gasteiger partial charge in [0.15, 0.2) is 6.10 Å². The molecule has 142 valence electrons. The van der Waals surface area contributed by atoms with Gasteiger partial charge in [-0.05, 0) is 43.0 Å². The molecule has 2 rings (SSSR count). The summed E-state index contributed by atoms with van der Waals surface area (Å²) in [6.07, 6.45) is -0.0188. The molecule has 0 bridgehead atoms. The first-order valence-corrected chi connectivity index (χ1v) is 8.52. The van der Waals surface area contributed by atoms with Crippen LogP contribution < -0.4 is 10.9 Å². The summed E-state index contributed by atoms with van der Waals surface area (Å²) < 4.78 is 30.0. The van der Waals surface area contributed by atoms with E-state index in [2.05, 4.69) is 15.8 Å². The van der Waals surface area contributed by atoms with Crippen molar-refractivity contribution in [1.82, 2.24) is 15.8 Å². The molecule has 0 saturated carbocycles. The Morgan fingerprint density at radius 3 is 2.44 bits per heavy atom. The van der Waals surface area contributed by atoms with Crippen molar-refractivity contribution in [1.29, 1.82) is 0 Å². The van der Waals surface area contributed by atoms with Crippen LogP contribution in [0.5, 0.6) is 0 Å². The van der Waals surface area contributed by atoms with Crippen molar-refractivity contribution in [2.24, 2.45) is 0 Å². The lowest BCUT2D eigenvalue weighted by Crippen LogP contribution is -2.46. The lowest BCUT2D eigenvalue weighted by molar-refractivity contribution is -0.129. The van der Waals surface area contributed by atoms with Crippen LogP contribution in [-0.4, -0.2) is 34.6 Å². The summed E-state index contributed by atoms with van der Waals surface area (Å²) in [6.45, 7) is 1.28. The molecule has 2 N–H and O–H groups in total.